The summed E-state index contributed by atoms with van der Waals surface area (Å²) in [6.45, 7) is 6.46. The third-order valence-corrected chi connectivity index (χ3v) is 3.05. The largest absolute Gasteiger partial charge is 0.360 e. The molecule has 0 bridgehead atoms. The van der Waals surface area contributed by atoms with Crippen LogP contribution in [0.3, 0.4) is 0 Å². The van der Waals surface area contributed by atoms with E-state index in [0.717, 1.165) is 24.9 Å². The first-order chi connectivity index (χ1) is 8.69. The molecular formula is C14H26N4. The van der Waals surface area contributed by atoms with Gasteiger partial charge >= 0.3 is 0 Å². The summed E-state index contributed by atoms with van der Waals surface area (Å²) in [7, 11) is 4.15. The number of nitrogens with zero attached hydrogens (tertiary/aromatic N) is 4. The van der Waals surface area contributed by atoms with E-state index < -0.39 is 0 Å². The molecule has 1 rings (SSSR count). The second-order valence-electron chi connectivity index (χ2n) is 4.77. The summed E-state index contributed by atoms with van der Waals surface area (Å²) in [6.07, 6.45) is 6.62. The lowest BCUT2D eigenvalue weighted by atomic mass is 10.3. The number of aromatic nitrogens is 2. The number of hydrogen-bond donors (Lipinski definition) is 0. The molecule has 102 valence electrons. The van der Waals surface area contributed by atoms with Crippen molar-refractivity contribution in [1.29, 1.82) is 0 Å². The Labute approximate surface area is 111 Å². The summed E-state index contributed by atoms with van der Waals surface area (Å²) in [6, 6.07) is 1.98. The van der Waals surface area contributed by atoms with E-state index in [4.69, 9.17) is 0 Å². The molecule has 18 heavy (non-hydrogen) atoms. The molecule has 4 nitrogen and oxygen atoms in total. The molecule has 0 aliphatic rings. The van der Waals surface area contributed by atoms with E-state index in [1.807, 2.05) is 12.3 Å². The zero-order chi connectivity index (χ0) is 13.4. The average Bonchev–Trinajstić information content (AvgIpc) is 2.42. The Hall–Kier alpha value is -1.32. The van der Waals surface area contributed by atoms with E-state index in [2.05, 4.69) is 47.7 Å². The molecule has 1 aromatic rings. The van der Waals surface area contributed by atoms with Gasteiger partial charge in [-0.05, 0) is 18.9 Å². The van der Waals surface area contributed by atoms with Crippen molar-refractivity contribution < 1.29 is 0 Å². The maximum Gasteiger partial charge on any atom is 0.226 e. The van der Waals surface area contributed by atoms with Crippen LogP contribution in [0.1, 0.15) is 39.5 Å². The highest BCUT2D eigenvalue weighted by molar-refractivity contribution is 5.42. The molecule has 0 radical (unpaired) electrons. The molecule has 1 aromatic heterocycles. The predicted molar refractivity (Wildman–Crippen MR) is 78.4 cm³/mol. The van der Waals surface area contributed by atoms with Crippen molar-refractivity contribution in [3.63, 3.8) is 0 Å². The smallest absolute Gasteiger partial charge is 0.226 e. The van der Waals surface area contributed by atoms with Gasteiger partial charge in [-0.1, -0.05) is 26.7 Å². The van der Waals surface area contributed by atoms with Gasteiger partial charge in [0.15, 0.2) is 0 Å². The fraction of sp³-hybridized carbons (Fsp3) is 0.714. The van der Waals surface area contributed by atoms with Crippen molar-refractivity contribution >= 4 is 11.8 Å². The minimum absolute atomic E-state index is 0.823. The molecule has 0 unspecified atom stereocenters. The lowest BCUT2D eigenvalue weighted by molar-refractivity contribution is 0.739. The minimum Gasteiger partial charge on any atom is -0.360 e. The van der Waals surface area contributed by atoms with Gasteiger partial charge in [0.05, 0.1) is 0 Å². The Morgan fingerprint density at radius 1 is 1.00 bits per heavy atom. The Bertz CT molecular complexity index is 311. The summed E-state index contributed by atoms with van der Waals surface area (Å²) in [5.74, 6) is 1.83. The highest BCUT2D eigenvalue weighted by Gasteiger charge is 2.07. The second kappa shape index (κ2) is 7.90. The maximum atomic E-state index is 4.62. The van der Waals surface area contributed by atoms with Crippen LogP contribution in [0.5, 0.6) is 0 Å². The highest BCUT2D eigenvalue weighted by Crippen LogP contribution is 2.13. The van der Waals surface area contributed by atoms with Gasteiger partial charge in [0.2, 0.25) is 5.95 Å². The van der Waals surface area contributed by atoms with Crippen LogP contribution in [-0.4, -0.2) is 37.2 Å². The van der Waals surface area contributed by atoms with Crippen LogP contribution in [0.15, 0.2) is 12.3 Å². The standard InChI is InChI=1S/C14H26N4/c1-5-7-11-17(3)13-9-10-15-14(16-13)18(4)12-8-6-2/h9-10H,5-8,11-12H2,1-4H3. The Morgan fingerprint density at radius 2 is 1.61 bits per heavy atom. The predicted octanol–water partition coefficient (Wildman–Crippen LogP) is 2.95. The molecule has 0 atom stereocenters. The van der Waals surface area contributed by atoms with E-state index in [9.17, 15) is 0 Å². The van der Waals surface area contributed by atoms with Gasteiger partial charge in [-0.25, -0.2) is 4.98 Å². The molecule has 0 fully saturated rings. The van der Waals surface area contributed by atoms with Gasteiger partial charge < -0.3 is 9.80 Å². The van der Waals surface area contributed by atoms with Gasteiger partial charge in [0.1, 0.15) is 5.82 Å². The molecule has 0 aromatic carbocycles. The molecule has 0 saturated heterocycles. The zero-order valence-electron chi connectivity index (χ0n) is 12.2. The van der Waals surface area contributed by atoms with Crippen molar-refractivity contribution in [2.24, 2.45) is 0 Å². The third-order valence-electron chi connectivity index (χ3n) is 3.05. The summed E-state index contributed by atoms with van der Waals surface area (Å²) in [4.78, 5) is 13.3. The fourth-order valence-corrected chi connectivity index (χ4v) is 1.74. The van der Waals surface area contributed by atoms with Crippen LogP contribution in [0.4, 0.5) is 11.8 Å². The summed E-state index contributed by atoms with van der Waals surface area (Å²) in [5.41, 5.74) is 0. The first-order valence-corrected chi connectivity index (χ1v) is 6.94. The van der Waals surface area contributed by atoms with Crippen LogP contribution >= 0.6 is 0 Å². The molecule has 0 N–H and O–H groups in total. The van der Waals surface area contributed by atoms with E-state index in [1.54, 1.807) is 0 Å². The summed E-state index contributed by atoms with van der Waals surface area (Å²) >= 11 is 0. The molecule has 1 heterocycles. The zero-order valence-corrected chi connectivity index (χ0v) is 12.2. The second-order valence-corrected chi connectivity index (χ2v) is 4.77. The quantitative estimate of drug-likeness (QED) is 0.710. The third kappa shape index (κ3) is 4.51. The van der Waals surface area contributed by atoms with Crippen LogP contribution in [0.25, 0.3) is 0 Å². The van der Waals surface area contributed by atoms with Crippen LogP contribution in [0.2, 0.25) is 0 Å². The van der Waals surface area contributed by atoms with Gasteiger partial charge in [-0.3, -0.25) is 0 Å². The number of unbranched alkanes of at least 4 members (excludes halogenated alkanes) is 2. The van der Waals surface area contributed by atoms with Gasteiger partial charge in [-0.15, -0.1) is 0 Å². The molecule has 0 spiro atoms. The molecule has 0 aliphatic heterocycles. The first kappa shape index (κ1) is 14.7. The van der Waals surface area contributed by atoms with Gasteiger partial charge in [0, 0.05) is 33.4 Å². The van der Waals surface area contributed by atoms with E-state index in [-0.39, 0.29) is 0 Å². The van der Waals surface area contributed by atoms with Crippen LogP contribution < -0.4 is 9.80 Å². The van der Waals surface area contributed by atoms with E-state index in [1.165, 1.54) is 25.7 Å². The van der Waals surface area contributed by atoms with Crippen molar-refractivity contribution in [3.8, 4) is 0 Å². The number of anilines is 2. The van der Waals surface area contributed by atoms with Crippen molar-refractivity contribution in [3.05, 3.63) is 12.3 Å². The Morgan fingerprint density at radius 3 is 2.22 bits per heavy atom. The van der Waals surface area contributed by atoms with Crippen molar-refractivity contribution in [2.45, 2.75) is 39.5 Å². The summed E-state index contributed by atoms with van der Waals surface area (Å²) < 4.78 is 0. The van der Waals surface area contributed by atoms with Crippen molar-refractivity contribution in [2.75, 3.05) is 37.0 Å². The van der Waals surface area contributed by atoms with Crippen LogP contribution in [0, 0.1) is 0 Å². The van der Waals surface area contributed by atoms with Gasteiger partial charge in [-0.2, -0.15) is 4.98 Å². The van der Waals surface area contributed by atoms with Crippen LogP contribution in [-0.2, 0) is 0 Å². The molecule has 4 heteroatoms. The highest BCUT2D eigenvalue weighted by atomic mass is 15.3. The summed E-state index contributed by atoms with van der Waals surface area (Å²) in [5, 5.41) is 0. The average molecular weight is 250 g/mol. The monoisotopic (exact) mass is 250 g/mol. The van der Waals surface area contributed by atoms with Gasteiger partial charge in [0.25, 0.3) is 0 Å². The lowest BCUT2D eigenvalue weighted by Crippen LogP contribution is -2.24. The molecule has 0 amide bonds. The lowest BCUT2D eigenvalue weighted by Gasteiger charge is -2.21. The normalized spacial score (nSPS) is 10.4. The fourth-order valence-electron chi connectivity index (χ4n) is 1.74. The topological polar surface area (TPSA) is 32.3 Å². The number of rotatable bonds is 8. The minimum atomic E-state index is 0.823. The van der Waals surface area contributed by atoms with E-state index >= 15 is 0 Å². The first-order valence-electron chi connectivity index (χ1n) is 6.94. The molecular weight excluding hydrogens is 224 g/mol. The van der Waals surface area contributed by atoms with Crippen molar-refractivity contribution in [1.82, 2.24) is 9.97 Å². The maximum absolute atomic E-state index is 4.62. The van der Waals surface area contributed by atoms with E-state index in [0.29, 0.717) is 0 Å². The molecule has 0 saturated carbocycles. The molecule has 0 aliphatic carbocycles. The Balaban J connectivity index is 2.66. The Kier molecular flexibility index (Phi) is 6.47. The SMILES string of the molecule is CCCCN(C)c1ccnc(N(C)CCCC)n1. The number of hydrogen-bond acceptors (Lipinski definition) is 4.